The SMILES string of the molecule is Fc1cccnc1O[C@@H]1CC[C@H]2[C@H]1OCCN2Cc1ccccn1. The van der Waals surface area contributed by atoms with E-state index in [9.17, 15) is 4.39 Å². The van der Waals surface area contributed by atoms with Gasteiger partial charge in [0.2, 0.25) is 0 Å². The highest BCUT2D eigenvalue weighted by Crippen LogP contribution is 2.33. The first-order valence-electron chi connectivity index (χ1n) is 8.34. The summed E-state index contributed by atoms with van der Waals surface area (Å²) < 4.78 is 25.6. The Morgan fingerprint density at radius 1 is 1.17 bits per heavy atom. The molecule has 4 rings (SSSR count). The van der Waals surface area contributed by atoms with Gasteiger partial charge in [0.15, 0.2) is 5.82 Å². The molecule has 0 N–H and O–H groups in total. The largest absolute Gasteiger partial charge is 0.469 e. The zero-order valence-corrected chi connectivity index (χ0v) is 13.3. The fraction of sp³-hybridized carbons (Fsp3) is 0.444. The van der Waals surface area contributed by atoms with Crippen molar-refractivity contribution >= 4 is 0 Å². The van der Waals surface area contributed by atoms with Crippen LogP contribution in [0.2, 0.25) is 0 Å². The first kappa shape index (κ1) is 15.5. The number of hydrogen-bond donors (Lipinski definition) is 0. The summed E-state index contributed by atoms with van der Waals surface area (Å²) in [5.41, 5.74) is 1.05. The van der Waals surface area contributed by atoms with E-state index >= 15 is 0 Å². The molecule has 6 heteroatoms. The minimum atomic E-state index is -0.429. The number of pyridine rings is 2. The summed E-state index contributed by atoms with van der Waals surface area (Å²) in [6.07, 6.45) is 4.95. The van der Waals surface area contributed by atoms with E-state index in [-0.39, 0.29) is 24.1 Å². The number of aromatic nitrogens is 2. The summed E-state index contributed by atoms with van der Waals surface area (Å²) in [5, 5.41) is 0. The summed E-state index contributed by atoms with van der Waals surface area (Å²) in [7, 11) is 0. The van der Waals surface area contributed by atoms with Gasteiger partial charge in [-0.25, -0.2) is 9.37 Å². The van der Waals surface area contributed by atoms with Crippen LogP contribution in [0.4, 0.5) is 4.39 Å². The van der Waals surface area contributed by atoms with Gasteiger partial charge >= 0.3 is 0 Å². The van der Waals surface area contributed by atoms with Crippen LogP contribution in [0.5, 0.6) is 5.88 Å². The van der Waals surface area contributed by atoms with Gasteiger partial charge in [-0.3, -0.25) is 9.88 Å². The van der Waals surface area contributed by atoms with Crippen LogP contribution in [0.3, 0.4) is 0 Å². The molecule has 5 nitrogen and oxygen atoms in total. The molecule has 2 aliphatic rings. The molecule has 0 spiro atoms. The van der Waals surface area contributed by atoms with Gasteiger partial charge in [-0.15, -0.1) is 0 Å². The maximum absolute atomic E-state index is 13.8. The third-order valence-corrected chi connectivity index (χ3v) is 4.73. The van der Waals surface area contributed by atoms with E-state index in [1.807, 2.05) is 24.4 Å². The van der Waals surface area contributed by atoms with Crippen molar-refractivity contribution in [2.24, 2.45) is 0 Å². The average molecular weight is 329 g/mol. The Morgan fingerprint density at radius 2 is 2.08 bits per heavy atom. The van der Waals surface area contributed by atoms with Crippen molar-refractivity contribution in [3.05, 3.63) is 54.2 Å². The van der Waals surface area contributed by atoms with Gasteiger partial charge in [0, 0.05) is 31.5 Å². The second-order valence-electron chi connectivity index (χ2n) is 6.22. The zero-order chi connectivity index (χ0) is 16.4. The lowest BCUT2D eigenvalue weighted by Crippen LogP contribution is -2.51. The second kappa shape index (κ2) is 6.83. The standard InChI is InChI=1S/C18H20FN3O2/c19-14-5-3-9-21-18(14)24-16-7-6-15-17(16)23-11-10-22(15)12-13-4-1-2-8-20-13/h1-5,8-9,15-17H,6-7,10-12H2/t15-,16+,17+/m0/s1. The van der Waals surface area contributed by atoms with Crippen LogP contribution in [0.1, 0.15) is 18.5 Å². The van der Waals surface area contributed by atoms with Crippen molar-refractivity contribution in [2.45, 2.75) is 37.6 Å². The normalized spacial score (nSPS) is 27.0. The van der Waals surface area contributed by atoms with Crippen LogP contribution >= 0.6 is 0 Å². The Bertz CT molecular complexity index is 685. The van der Waals surface area contributed by atoms with E-state index < -0.39 is 5.82 Å². The highest BCUT2D eigenvalue weighted by molar-refractivity contribution is 5.14. The van der Waals surface area contributed by atoms with Crippen molar-refractivity contribution in [2.75, 3.05) is 13.2 Å². The van der Waals surface area contributed by atoms with Gasteiger partial charge < -0.3 is 9.47 Å². The fourth-order valence-electron chi connectivity index (χ4n) is 3.62. The molecule has 2 aromatic rings. The zero-order valence-electron chi connectivity index (χ0n) is 13.3. The lowest BCUT2D eigenvalue weighted by atomic mass is 10.1. The molecule has 0 bridgehead atoms. The molecule has 3 heterocycles. The molecule has 2 fully saturated rings. The van der Waals surface area contributed by atoms with Crippen molar-refractivity contribution < 1.29 is 13.9 Å². The number of rotatable bonds is 4. The van der Waals surface area contributed by atoms with Crippen LogP contribution in [0.15, 0.2) is 42.7 Å². The number of ether oxygens (including phenoxy) is 2. The first-order chi connectivity index (χ1) is 11.8. The molecular formula is C18H20FN3O2. The topological polar surface area (TPSA) is 47.5 Å². The van der Waals surface area contributed by atoms with Crippen molar-refractivity contribution in [1.29, 1.82) is 0 Å². The Morgan fingerprint density at radius 3 is 2.92 bits per heavy atom. The number of fused-ring (bicyclic) bond motifs is 1. The van der Waals surface area contributed by atoms with Crippen LogP contribution in [-0.2, 0) is 11.3 Å². The van der Waals surface area contributed by atoms with E-state index in [0.717, 1.165) is 31.6 Å². The number of halogens is 1. The summed E-state index contributed by atoms with van der Waals surface area (Å²) in [4.78, 5) is 10.8. The summed E-state index contributed by atoms with van der Waals surface area (Å²) in [6, 6.07) is 9.17. The number of nitrogens with zero attached hydrogens (tertiary/aromatic N) is 3. The van der Waals surface area contributed by atoms with Gasteiger partial charge in [-0.2, -0.15) is 0 Å². The molecule has 0 amide bonds. The maximum atomic E-state index is 13.8. The van der Waals surface area contributed by atoms with E-state index in [2.05, 4.69) is 14.9 Å². The van der Waals surface area contributed by atoms with Crippen LogP contribution in [0.25, 0.3) is 0 Å². The van der Waals surface area contributed by atoms with Gasteiger partial charge in [0.1, 0.15) is 12.2 Å². The molecule has 1 saturated heterocycles. The van der Waals surface area contributed by atoms with E-state index in [4.69, 9.17) is 9.47 Å². The Hall–Kier alpha value is -2.05. The van der Waals surface area contributed by atoms with Crippen molar-refractivity contribution in [3.8, 4) is 5.88 Å². The second-order valence-corrected chi connectivity index (χ2v) is 6.22. The molecule has 126 valence electrons. The van der Waals surface area contributed by atoms with Gasteiger partial charge in [0.05, 0.1) is 12.3 Å². The van der Waals surface area contributed by atoms with Gasteiger partial charge in [-0.1, -0.05) is 6.07 Å². The lowest BCUT2D eigenvalue weighted by molar-refractivity contribution is -0.0930. The Kier molecular flexibility index (Phi) is 4.40. The summed E-state index contributed by atoms with van der Waals surface area (Å²) >= 11 is 0. The van der Waals surface area contributed by atoms with E-state index in [0.29, 0.717) is 6.61 Å². The Balaban J connectivity index is 1.45. The minimum absolute atomic E-state index is 0.0520. The highest BCUT2D eigenvalue weighted by atomic mass is 19.1. The molecular weight excluding hydrogens is 309 g/mol. The van der Waals surface area contributed by atoms with Crippen LogP contribution in [-0.4, -0.2) is 46.3 Å². The predicted octanol–water partition coefficient (Wildman–Crippen LogP) is 2.43. The van der Waals surface area contributed by atoms with Crippen molar-refractivity contribution in [1.82, 2.24) is 14.9 Å². The summed E-state index contributed by atoms with van der Waals surface area (Å²) in [6.45, 7) is 2.33. The monoisotopic (exact) mass is 329 g/mol. The smallest absolute Gasteiger partial charge is 0.250 e. The molecule has 1 saturated carbocycles. The predicted molar refractivity (Wildman–Crippen MR) is 86.0 cm³/mol. The third kappa shape index (κ3) is 3.12. The van der Waals surface area contributed by atoms with Crippen molar-refractivity contribution in [3.63, 3.8) is 0 Å². The lowest BCUT2D eigenvalue weighted by Gasteiger charge is -2.38. The fourth-order valence-corrected chi connectivity index (χ4v) is 3.62. The van der Waals surface area contributed by atoms with E-state index in [1.54, 1.807) is 12.3 Å². The number of hydrogen-bond acceptors (Lipinski definition) is 5. The van der Waals surface area contributed by atoms with Gasteiger partial charge in [-0.05, 0) is 37.1 Å². The number of morpholine rings is 1. The minimum Gasteiger partial charge on any atom is -0.469 e. The summed E-state index contributed by atoms with van der Waals surface area (Å²) in [5.74, 6) is -0.365. The van der Waals surface area contributed by atoms with Gasteiger partial charge in [0.25, 0.3) is 5.88 Å². The quantitative estimate of drug-likeness (QED) is 0.862. The molecule has 24 heavy (non-hydrogen) atoms. The van der Waals surface area contributed by atoms with E-state index in [1.165, 1.54) is 6.07 Å². The molecule has 0 unspecified atom stereocenters. The molecule has 0 aromatic carbocycles. The molecule has 2 aromatic heterocycles. The third-order valence-electron chi connectivity index (χ3n) is 4.73. The molecule has 1 aliphatic heterocycles. The molecule has 0 radical (unpaired) electrons. The van der Waals surface area contributed by atoms with Crippen LogP contribution in [0, 0.1) is 5.82 Å². The molecule has 1 aliphatic carbocycles. The maximum Gasteiger partial charge on any atom is 0.250 e. The average Bonchev–Trinajstić information content (AvgIpc) is 3.02. The molecule has 3 atom stereocenters. The van der Waals surface area contributed by atoms with Crippen LogP contribution < -0.4 is 4.74 Å². The first-order valence-corrected chi connectivity index (χ1v) is 8.34. The highest BCUT2D eigenvalue weighted by Gasteiger charge is 2.44. The Labute approximate surface area is 140 Å².